The van der Waals surface area contributed by atoms with Crippen LogP contribution in [0.15, 0.2) is 52.9 Å². The van der Waals surface area contributed by atoms with Crippen LogP contribution in [0.3, 0.4) is 0 Å². The van der Waals surface area contributed by atoms with Gasteiger partial charge in [0.15, 0.2) is 5.76 Å². The van der Waals surface area contributed by atoms with Crippen molar-refractivity contribution in [2.45, 2.75) is 37.7 Å². The lowest BCUT2D eigenvalue weighted by Gasteiger charge is -2.42. The van der Waals surface area contributed by atoms with E-state index < -0.39 is 0 Å². The minimum atomic E-state index is -0.360. The molecular weight excluding hydrogens is 338 g/mol. The van der Waals surface area contributed by atoms with Crippen molar-refractivity contribution in [1.82, 2.24) is 4.90 Å². The van der Waals surface area contributed by atoms with Gasteiger partial charge in [0.1, 0.15) is 5.58 Å². The van der Waals surface area contributed by atoms with E-state index >= 15 is 0 Å². The third-order valence-corrected chi connectivity index (χ3v) is 6.50. The number of furan rings is 1. The highest BCUT2D eigenvalue weighted by Gasteiger charge is 2.48. The number of rotatable bonds is 1. The van der Waals surface area contributed by atoms with Crippen molar-refractivity contribution in [3.05, 3.63) is 71.0 Å². The first kappa shape index (κ1) is 16.6. The normalized spacial score (nSPS) is 21.0. The zero-order chi connectivity index (χ0) is 18.6. The van der Waals surface area contributed by atoms with Gasteiger partial charge in [-0.3, -0.25) is 4.79 Å². The third kappa shape index (κ3) is 2.43. The maximum Gasteiger partial charge on any atom is 0.289 e. The molecule has 0 radical (unpaired) electrons. The molecule has 1 aliphatic heterocycles. The van der Waals surface area contributed by atoms with E-state index in [4.69, 9.17) is 4.42 Å². The molecule has 4 nitrogen and oxygen atoms in total. The van der Waals surface area contributed by atoms with Gasteiger partial charge in [0, 0.05) is 23.9 Å². The Morgan fingerprint density at radius 2 is 1.93 bits per heavy atom. The number of nitrogens with zero attached hydrogens (tertiary/aromatic N) is 1. The highest BCUT2D eigenvalue weighted by Crippen LogP contribution is 2.46. The van der Waals surface area contributed by atoms with Crippen LogP contribution in [0.5, 0.6) is 0 Å². The van der Waals surface area contributed by atoms with Crippen LogP contribution in [0.4, 0.5) is 0 Å². The maximum atomic E-state index is 13.0. The minimum Gasteiger partial charge on any atom is -0.451 e. The molecule has 5 rings (SSSR count). The van der Waals surface area contributed by atoms with Crippen molar-refractivity contribution in [2.75, 3.05) is 13.1 Å². The number of piperidine rings is 1. The van der Waals surface area contributed by atoms with E-state index in [0.29, 0.717) is 25.3 Å². The van der Waals surface area contributed by atoms with Crippen molar-refractivity contribution in [3.63, 3.8) is 0 Å². The van der Waals surface area contributed by atoms with Crippen LogP contribution < -0.4 is 0 Å². The summed E-state index contributed by atoms with van der Waals surface area (Å²) in [5.41, 5.74) is 4.13. The van der Waals surface area contributed by atoms with Crippen LogP contribution >= 0.6 is 0 Å². The molecule has 0 saturated carbocycles. The summed E-state index contributed by atoms with van der Waals surface area (Å²) in [5, 5.41) is 11.7. The zero-order valence-electron chi connectivity index (χ0n) is 15.4. The summed E-state index contributed by atoms with van der Waals surface area (Å²) in [5.74, 6) is 0.351. The van der Waals surface area contributed by atoms with Gasteiger partial charge in [-0.2, -0.15) is 0 Å². The van der Waals surface area contributed by atoms with Gasteiger partial charge >= 0.3 is 0 Å². The molecule has 0 unspecified atom stereocenters. The van der Waals surface area contributed by atoms with Gasteiger partial charge in [0.05, 0.1) is 6.10 Å². The molecule has 0 bridgehead atoms. The fraction of sp³-hybridized carbons (Fsp3) is 0.348. The molecule has 2 heterocycles. The van der Waals surface area contributed by atoms with Gasteiger partial charge in [0.25, 0.3) is 5.91 Å². The summed E-state index contributed by atoms with van der Waals surface area (Å²) in [7, 11) is 0. The molecule has 138 valence electrons. The number of amides is 1. The van der Waals surface area contributed by atoms with Crippen LogP contribution in [-0.2, 0) is 11.8 Å². The summed E-state index contributed by atoms with van der Waals surface area (Å²) in [4.78, 5) is 14.8. The molecule has 2 aromatic carbocycles. The SMILES string of the molecule is Cc1cccc2cc(C(=O)N3CCC4(CC3)c3ccccc3C[C@H]4O)oc12. The quantitative estimate of drug-likeness (QED) is 0.717. The van der Waals surface area contributed by atoms with Gasteiger partial charge in [-0.1, -0.05) is 42.5 Å². The standard InChI is InChI=1S/C23H23NO3/c1-15-5-4-7-17-13-19(27-21(15)17)22(26)24-11-9-23(10-12-24)18-8-3-2-6-16(18)14-20(23)25/h2-8,13,20,25H,9-12,14H2,1H3/t20-/m1/s1. The second-order valence-electron chi connectivity index (χ2n) is 7.93. The first-order valence-electron chi connectivity index (χ1n) is 9.63. The number of benzene rings is 2. The lowest BCUT2D eigenvalue weighted by Crippen LogP contribution is -2.49. The molecule has 1 saturated heterocycles. The molecule has 2 aliphatic rings. The Labute approximate surface area is 158 Å². The summed E-state index contributed by atoms with van der Waals surface area (Å²) in [6, 6.07) is 16.1. The van der Waals surface area contributed by atoms with Gasteiger partial charge in [-0.15, -0.1) is 0 Å². The second-order valence-corrected chi connectivity index (χ2v) is 7.93. The topological polar surface area (TPSA) is 53.7 Å². The Balaban J connectivity index is 1.39. The van der Waals surface area contributed by atoms with Crippen molar-refractivity contribution in [3.8, 4) is 0 Å². The number of fused-ring (bicyclic) bond motifs is 3. The number of likely N-dealkylation sites (tertiary alicyclic amines) is 1. The third-order valence-electron chi connectivity index (χ3n) is 6.50. The van der Waals surface area contributed by atoms with E-state index in [0.717, 1.165) is 29.4 Å². The van der Waals surface area contributed by atoms with Crippen LogP contribution in [0.25, 0.3) is 11.0 Å². The fourth-order valence-corrected chi connectivity index (χ4v) is 4.95. The lowest BCUT2D eigenvalue weighted by atomic mass is 9.72. The fourth-order valence-electron chi connectivity index (χ4n) is 4.95. The molecule has 1 aliphatic carbocycles. The molecule has 1 aromatic heterocycles. The van der Waals surface area contributed by atoms with E-state index in [1.54, 1.807) is 0 Å². The number of aliphatic hydroxyl groups excluding tert-OH is 1. The summed E-state index contributed by atoms with van der Waals surface area (Å²) in [6.07, 6.45) is 1.93. The zero-order valence-corrected chi connectivity index (χ0v) is 15.4. The lowest BCUT2D eigenvalue weighted by molar-refractivity contribution is 0.0350. The van der Waals surface area contributed by atoms with Crippen LogP contribution in [0, 0.1) is 6.92 Å². The number of carbonyl (C=O) groups is 1. The summed E-state index contributed by atoms with van der Waals surface area (Å²) < 4.78 is 5.87. The predicted octanol–water partition coefficient (Wildman–Crippen LogP) is 3.83. The number of carbonyl (C=O) groups excluding carboxylic acids is 1. The van der Waals surface area contributed by atoms with Crippen LogP contribution in [0.2, 0.25) is 0 Å². The smallest absolute Gasteiger partial charge is 0.289 e. The monoisotopic (exact) mass is 361 g/mol. The van der Waals surface area contributed by atoms with E-state index in [1.165, 1.54) is 11.1 Å². The van der Waals surface area contributed by atoms with E-state index in [1.807, 2.05) is 48.2 Å². The maximum absolute atomic E-state index is 13.0. The molecule has 1 fully saturated rings. The van der Waals surface area contributed by atoms with Crippen molar-refractivity contribution >= 4 is 16.9 Å². The van der Waals surface area contributed by atoms with Gasteiger partial charge in [-0.05, 0) is 48.9 Å². The number of aliphatic hydroxyl groups is 1. The van der Waals surface area contributed by atoms with Gasteiger partial charge < -0.3 is 14.4 Å². The summed E-state index contributed by atoms with van der Waals surface area (Å²) in [6.45, 7) is 3.27. The number of aryl methyl sites for hydroxylation is 1. The van der Waals surface area contributed by atoms with E-state index in [2.05, 4.69) is 12.1 Å². The molecular formula is C23H23NO3. The highest BCUT2D eigenvalue weighted by molar-refractivity contribution is 5.96. The van der Waals surface area contributed by atoms with Crippen LogP contribution in [-0.4, -0.2) is 35.1 Å². The molecule has 1 N–H and O–H groups in total. The van der Waals surface area contributed by atoms with Crippen molar-refractivity contribution in [1.29, 1.82) is 0 Å². The Bertz CT molecular complexity index is 1030. The first-order chi connectivity index (χ1) is 13.1. The summed E-state index contributed by atoms with van der Waals surface area (Å²) >= 11 is 0. The Kier molecular flexibility index (Phi) is 3.66. The average Bonchev–Trinajstić information content (AvgIpc) is 3.23. The molecule has 3 aromatic rings. The molecule has 4 heteroatoms. The molecule has 1 spiro atoms. The molecule has 1 amide bonds. The van der Waals surface area contributed by atoms with Crippen molar-refractivity contribution in [2.24, 2.45) is 0 Å². The molecule has 27 heavy (non-hydrogen) atoms. The van der Waals surface area contributed by atoms with Crippen LogP contribution in [0.1, 0.15) is 40.1 Å². The van der Waals surface area contributed by atoms with Gasteiger partial charge in [0.2, 0.25) is 0 Å². The van der Waals surface area contributed by atoms with E-state index in [9.17, 15) is 9.90 Å². The average molecular weight is 361 g/mol. The number of para-hydroxylation sites is 1. The minimum absolute atomic E-state index is 0.0544. The van der Waals surface area contributed by atoms with Crippen molar-refractivity contribution < 1.29 is 14.3 Å². The largest absolute Gasteiger partial charge is 0.451 e. The second kappa shape index (κ2) is 5.96. The Hall–Kier alpha value is -2.59. The predicted molar refractivity (Wildman–Crippen MR) is 104 cm³/mol. The number of hydrogen-bond acceptors (Lipinski definition) is 3. The molecule has 1 atom stereocenters. The van der Waals surface area contributed by atoms with Gasteiger partial charge in [-0.25, -0.2) is 0 Å². The first-order valence-corrected chi connectivity index (χ1v) is 9.63. The van der Waals surface area contributed by atoms with E-state index in [-0.39, 0.29) is 17.4 Å². The number of hydrogen-bond donors (Lipinski definition) is 1. The highest BCUT2D eigenvalue weighted by atomic mass is 16.3. The Morgan fingerprint density at radius 1 is 1.15 bits per heavy atom. The Morgan fingerprint density at radius 3 is 2.70 bits per heavy atom.